The number of hydrogen-bond acceptors (Lipinski definition) is 3. The van der Waals surface area contributed by atoms with Gasteiger partial charge in [0.1, 0.15) is 17.5 Å². The van der Waals surface area contributed by atoms with Crippen molar-refractivity contribution in [2.24, 2.45) is 0 Å². The van der Waals surface area contributed by atoms with Gasteiger partial charge in [-0.15, -0.1) is 0 Å². The van der Waals surface area contributed by atoms with Gasteiger partial charge in [-0.25, -0.2) is 14.4 Å². The van der Waals surface area contributed by atoms with E-state index in [2.05, 4.69) is 22.2 Å². The van der Waals surface area contributed by atoms with E-state index in [9.17, 15) is 4.39 Å². The third-order valence-corrected chi connectivity index (χ3v) is 3.46. The Balaban J connectivity index is 2.56. The van der Waals surface area contributed by atoms with E-state index < -0.39 is 0 Å². The molecule has 3 nitrogen and oxygen atoms in total. The maximum atomic E-state index is 13.8. The van der Waals surface area contributed by atoms with E-state index in [4.69, 9.17) is 0 Å². The molecule has 0 unspecified atom stereocenters. The van der Waals surface area contributed by atoms with Crippen molar-refractivity contribution in [2.45, 2.75) is 40.5 Å². The number of aromatic nitrogens is 2. The Morgan fingerprint density at radius 1 is 1.14 bits per heavy atom. The molecule has 0 atom stereocenters. The lowest BCUT2D eigenvalue weighted by Crippen LogP contribution is -2.08. The van der Waals surface area contributed by atoms with Gasteiger partial charge in [-0.2, -0.15) is 0 Å². The molecule has 2 rings (SSSR count). The molecule has 1 aromatic heterocycles. The number of halogens is 1. The Labute approximate surface area is 125 Å². The third kappa shape index (κ3) is 3.38. The van der Waals surface area contributed by atoms with E-state index in [-0.39, 0.29) is 5.82 Å². The molecule has 0 radical (unpaired) electrons. The summed E-state index contributed by atoms with van der Waals surface area (Å²) < 4.78 is 13.8. The molecule has 1 N–H and O–H groups in total. The second-order valence-corrected chi connectivity index (χ2v) is 5.21. The van der Waals surface area contributed by atoms with E-state index >= 15 is 0 Å². The number of nitrogens with zero attached hydrogens (tertiary/aromatic N) is 2. The Hall–Kier alpha value is -1.97. The number of nitrogens with one attached hydrogen (secondary N) is 1. The zero-order valence-corrected chi connectivity index (χ0v) is 13.1. The van der Waals surface area contributed by atoms with Crippen LogP contribution < -0.4 is 5.32 Å². The van der Waals surface area contributed by atoms with Crippen LogP contribution in [0.2, 0.25) is 0 Å². The fourth-order valence-corrected chi connectivity index (χ4v) is 2.26. The highest BCUT2D eigenvalue weighted by molar-refractivity contribution is 5.68. The number of rotatable bonds is 5. The van der Waals surface area contributed by atoms with Crippen molar-refractivity contribution in [3.05, 3.63) is 41.0 Å². The predicted octanol–water partition coefficient (Wildman–Crippen LogP) is 4.28. The summed E-state index contributed by atoms with van der Waals surface area (Å²) in [4.78, 5) is 9.19. The highest BCUT2D eigenvalue weighted by Gasteiger charge is 2.13. The summed E-state index contributed by atoms with van der Waals surface area (Å²) in [6.45, 7) is 8.66. The maximum Gasteiger partial charge on any atom is 0.133 e. The fourth-order valence-electron chi connectivity index (χ4n) is 2.26. The van der Waals surface area contributed by atoms with Crippen LogP contribution in [0, 0.1) is 19.7 Å². The van der Waals surface area contributed by atoms with Crippen molar-refractivity contribution in [1.82, 2.24) is 9.97 Å². The topological polar surface area (TPSA) is 37.8 Å². The van der Waals surface area contributed by atoms with Gasteiger partial charge in [0.2, 0.25) is 0 Å². The van der Waals surface area contributed by atoms with Gasteiger partial charge in [-0.1, -0.05) is 19.1 Å². The minimum absolute atomic E-state index is 0.201. The monoisotopic (exact) mass is 287 g/mol. The van der Waals surface area contributed by atoms with Gasteiger partial charge in [0.05, 0.1) is 5.69 Å². The van der Waals surface area contributed by atoms with Crippen LogP contribution in [-0.2, 0) is 6.42 Å². The van der Waals surface area contributed by atoms with Crippen LogP contribution in [-0.4, -0.2) is 16.5 Å². The van der Waals surface area contributed by atoms with Crippen LogP contribution in [0.25, 0.3) is 11.3 Å². The number of aryl methyl sites for hydroxylation is 2. The van der Waals surface area contributed by atoms with Crippen molar-refractivity contribution < 1.29 is 4.39 Å². The molecule has 4 heteroatoms. The van der Waals surface area contributed by atoms with Crippen LogP contribution in [0.5, 0.6) is 0 Å². The molecule has 2 aromatic rings. The molecule has 0 aliphatic heterocycles. The summed E-state index contributed by atoms with van der Waals surface area (Å²) in [5, 5.41) is 3.27. The average molecular weight is 287 g/mol. The quantitative estimate of drug-likeness (QED) is 0.891. The van der Waals surface area contributed by atoms with E-state index in [0.717, 1.165) is 47.8 Å². The summed E-state index contributed by atoms with van der Waals surface area (Å²) in [5.74, 6) is 1.44. The lowest BCUT2D eigenvalue weighted by molar-refractivity contribution is 0.619. The smallest absolute Gasteiger partial charge is 0.133 e. The first kappa shape index (κ1) is 15.4. The summed E-state index contributed by atoms with van der Waals surface area (Å²) in [6, 6.07) is 5.26. The Morgan fingerprint density at radius 2 is 1.90 bits per heavy atom. The van der Waals surface area contributed by atoms with Gasteiger partial charge in [-0.05, 0) is 38.8 Å². The molecular formula is C17H22FN3. The van der Waals surface area contributed by atoms with Crippen LogP contribution in [0.15, 0.2) is 18.2 Å². The predicted molar refractivity (Wildman–Crippen MR) is 85.1 cm³/mol. The van der Waals surface area contributed by atoms with E-state index in [0.29, 0.717) is 5.56 Å². The SMILES string of the molecule is CCCc1nc(NCC)c(C)c(-c2ccc(C)c(F)c2)n1. The summed E-state index contributed by atoms with van der Waals surface area (Å²) in [6.07, 6.45) is 1.80. The van der Waals surface area contributed by atoms with E-state index in [1.54, 1.807) is 19.1 Å². The fraction of sp³-hybridized carbons (Fsp3) is 0.412. The van der Waals surface area contributed by atoms with Crippen molar-refractivity contribution in [3.63, 3.8) is 0 Å². The summed E-state index contributed by atoms with van der Waals surface area (Å²) in [7, 11) is 0. The van der Waals surface area contributed by atoms with E-state index in [1.807, 2.05) is 19.9 Å². The van der Waals surface area contributed by atoms with Crippen LogP contribution in [0.4, 0.5) is 10.2 Å². The molecule has 0 spiro atoms. The third-order valence-electron chi connectivity index (χ3n) is 3.46. The molecule has 0 amide bonds. The minimum atomic E-state index is -0.201. The van der Waals surface area contributed by atoms with Gasteiger partial charge < -0.3 is 5.32 Å². The second kappa shape index (κ2) is 6.66. The van der Waals surface area contributed by atoms with Crippen molar-refractivity contribution in [3.8, 4) is 11.3 Å². The summed E-state index contributed by atoms with van der Waals surface area (Å²) in [5.41, 5.74) is 3.21. The highest BCUT2D eigenvalue weighted by Crippen LogP contribution is 2.27. The van der Waals surface area contributed by atoms with Crippen molar-refractivity contribution in [1.29, 1.82) is 0 Å². The van der Waals surface area contributed by atoms with Gasteiger partial charge in [-0.3, -0.25) is 0 Å². The molecule has 0 bridgehead atoms. The molecule has 0 saturated carbocycles. The Morgan fingerprint density at radius 3 is 2.52 bits per heavy atom. The van der Waals surface area contributed by atoms with Crippen LogP contribution in [0.1, 0.15) is 37.2 Å². The zero-order chi connectivity index (χ0) is 15.4. The van der Waals surface area contributed by atoms with Crippen LogP contribution in [0.3, 0.4) is 0 Å². The van der Waals surface area contributed by atoms with Gasteiger partial charge in [0.15, 0.2) is 0 Å². The first-order chi connectivity index (χ1) is 10.1. The molecular weight excluding hydrogens is 265 g/mol. The maximum absolute atomic E-state index is 13.8. The molecule has 1 heterocycles. The molecule has 0 saturated heterocycles. The second-order valence-electron chi connectivity index (χ2n) is 5.21. The average Bonchev–Trinajstić information content (AvgIpc) is 2.46. The molecule has 0 fully saturated rings. The highest BCUT2D eigenvalue weighted by atomic mass is 19.1. The standard InChI is InChI=1S/C17H22FN3/c1-5-7-15-20-16(12(4)17(21-15)19-6-2)13-9-8-11(3)14(18)10-13/h8-10H,5-7H2,1-4H3,(H,19,20,21). The molecule has 21 heavy (non-hydrogen) atoms. The Bertz CT molecular complexity index is 638. The Kier molecular flexibility index (Phi) is 4.89. The van der Waals surface area contributed by atoms with Crippen molar-refractivity contribution in [2.75, 3.05) is 11.9 Å². The molecule has 0 aliphatic carbocycles. The minimum Gasteiger partial charge on any atom is -0.370 e. The van der Waals surface area contributed by atoms with Gasteiger partial charge >= 0.3 is 0 Å². The normalized spacial score (nSPS) is 10.7. The first-order valence-electron chi connectivity index (χ1n) is 7.44. The lowest BCUT2D eigenvalue weighted by Gasteiger charge is -2.13. The molecule has 112 valence electrons. The number of hydrogen-bond donors (Lipinski definition) is 1. The largest absolute Gasteiger partial charge is 0.370 e. The zero-order valence-electron chi connectivity index (χ0n) is 13.1. The molecule has 0 aliphatic rings. The number of benzene rings is 1. The molecule has 1 aromatic carbocycles. The lowest BCUT2D eigenvalue weighted by atomic mass is 10.0. The van der Waals surface area contributed by atoms with Gasteiger partial charge in [0, 0.05) is 24.1 Å². The first-order valence-corrected chi connectivity index (χ1v) is 7.44. The number of anilines is 1. The van der Waals surface area contributed by atoms with Crippen molar-refractivity contribution >= 4 is 5.82 Å². The van der Waals surface area contributed by atoms with E-state index in [1.165, 1.54) is 0 Å². The van der Waals surface area contributed by atoms with Crippen LogP contribution >= 0.6 is 0 Å². The summed E-state index contributed by atoms with van der Waals surface area (Å²) >= 11 is 0. The van der Waals surface area contributed by atoms with Gasteiger partial charge in [0.25, 0.3) is 0 Å².